The number of hydrogen-bond donors (Lipinski definition) is 0. The SMILES string of the molecule is C=C1C2[n+]3cc(-c4cc(C)cc(C)c4)ccc3-c3cc(-c4ccccc4)ccc3C2(CC)CCc2ccccc2-c2cc(CC(C)C)c([Si](C)(C)C)c[n+]21. The van der Waals surface area contributed by atoms with Gasteiger partial charge in [-0.05, 0) is 104 Å². The standard InChI is InChI=1S/C51H56N2Si/c1-10-51-25-24-39-18-14-15-19-44(39)48-31-43(26-34(2)3)49(54(7,8)9)33-52(48)37(6)50(51)53-32-41(42-28-35(4)27-36(5)29-42)21-23-47(53)45-30-40(20-22-46(45)51)38-16-12-11-13-17-38/h11-23,27-34,50H,6,10,24-26H2,1-5,7-9H3/q+2. The van der Waals surface area contributed by atoms with Crippen LogP contribution in [0.2, 0.25) is 19.6 Å². The van der Waals surface area contributed by atoms with Gasteiger partial charge in [-0.3, -0.25) is 0 Å². The molecule has 0 bridgehead atoms. The summed E-state index contributed by atoms with van der Waals surface area (Å²) in [6, 6.07) is 41.6. The summed E-state index contributed by atoms with van der Waals surface area (Å²) in [7, 11) is -1.74. The summed E-state index contributed by atoms with van der Waals surface area (Å²) in [5.74, 6) is 0.576. The second-order valence-corrected chi connectivity index (χ2v) is 22.6. The van der Waals surface area contributed by atoms with Crippen molar-refractivity contribution in [1.82, 2.24) is 0 Å². The highest BCUT2D eigenvalue weighted by molar-refractivity contribution is 6.89. The largest absolute Gasteiger partial charge is 0.251 e. The zero-order chi connectivity index (χ0) is 37.9. The lowest BCUT2D eigenvalue weighted by Crippen LogP contribution is -2.60. The first kappa shape index (κ1) is 36.1. The lowest BCUT2D eigenvalue weighted by molar-refractivity contribution is -0.733. The Morgan fingerprint density at radius 3 is 2.13 bits per heavy atom. The normalized spacial score (nSPS) is 17.7. The number of hydrogen-bond acceptors (Lipinski definition) is 0. The van der Waals surface area contributed by atoms with E-state index in [1.165, 1.54) is 77.8 Å². The molecule has 2 aliphatic rings. The smallest absolute Gasteiger partial charge is 0.183 e. The van der Waals surface area contributed by atoms with Gasteiger partial charge in [0.05, 0.1) is 19.1 Å². The molecule has 4 heterocycles. The van der Waals surface area contributed by atoms with Crippen molar-refractivity contribution >= 4 is 19.0 Å². The van der Waals surface area contributed by atoms with Crippen LogP contribution < -0.4 is 14.3 Å². The Labute approximate surface area is 324 Å². The van der Waals surface area contributed by atoms with Gasteiger partial charge in [-0.2, -0.15) is 9.13 Å². The molecule has 2 unspecified atom stereocenters. The first-order valence-corrected chi connectivity index (χ1v) is 23.6. The predicted molar refractivity (Wildman–Crippen MR) is 231 cm³/mol. The maximum absolute atomic E-state index is 5.19. The van der Waals surface area contributed by atoms with Crippen LogP contribution in [-0.2, 0) is 18.3 Å². The van der Waals surface area contributed by atoms with E-state index < -0.39 is 8.07 Å². The van der Waals surface area contributed by atoms with E-state index in [-0.39, 0.29) is 11.5 Å². The van der Waals surface area contributed by atoms with Crippen molar-refractivity contribution in [3.63, 3.8) is 0 Å². The van der Waals surface area contributed by atoms with Gasteiger partial charge >= 0.3 is 0 Å². The molecule has 272 valence electrons. The number of fused-ring (bicyclic) bond motifs is 9. The summed E-state index contributed by atoms with van der Waals surface area (Å²) in [6.07, 6.45) is 9.09. The number of rotatable bonds is 6. The molecule has 8 rings (SSSR count). The lowest BCUT2D eigenvalue weighted by atomic mass is 9.63. The average Bonchev–Trinajstić information content (AvgIpc) is 3.19. The van der Waals surface area contributed by atoms with Crippen molar-refractivity contribution in [2.45, 2.75) is 91.4 Å². The molecule has 2 atom stereocenters. The van der Waals surface area contributed by atoms with E-state index >= 15 is 0 Å². The third kappa shape index (κ3) is 6.21. The summed E-state index contributed by atoms with van der Waals surface area (Å²) in [5.41, 5.74) is 18.1. The number of allylic oxidation sites excluding steroid dienone is 1. The molecule has 2 nitrogen and oxygen atoms in total. The molecule has 0 fully saturated rings. The van der Waals surface area contributed by atoms with Gasteiger partial charge in [0, 0.05) is 28.4 Å². The molecular formula is C51H56N2Si+2. The minimum atomic E-state index is -1.74. The van der Waals surface area contributed by atoms with Crippen LogP contribution in [0.25, 0.3) is 50.5 Å². The predicted octanol–water partition coefficient (Wildman–Crippen LogP) is 11.6. The maximum atomic E-state index is 5.19. The van der Waals surface area contributed by atoms with Crippen LogP contribution in [0.15, 0.2) is 128 Å². The number of benzene rings is 4. The molecule has 0 spiro atoms. The van der Waals surface area contributed by atoms with E-state index in [1.54, 1.807) is 0 Å². The fraction of sp³-hybridized carbons (Fsp3) is 0.294. The molecule has 0 radical (unpaired) electrons. The molecule has 54 heavy (non-hydrogen) atoms. The van der Waals surface area contributed by atoms with Crippen molar-refractivity contribution in [1.29, 1.82) is 0 Å². The molecule has 3 heteroatoms. The summed E-state index contributed by atoms with van der Waals surface area (Å²) >= 11 is 0. The van der Waals surface area contributed by atoms with Gasteiger partial charge in [-0.1, -0.05) is 130 Å². The van der Waals surface area contributed by atoms with Crippen molar-refractivity contribution in [3.05, 3.63) is 156 Å². The monoisotopic (exact) mass is 724 g/mol. The molecular weight excluding hydrogens is 669 g/mol. The zero-order valence-corrected chi connectivity index (χ0v) is 34.6. The number of pyridine rings is 2. The van der Waals surface area contributed by atoms with Crippen LogP contribution in [-0.4, -0.2) is 8.07 Å². The summed E-state index contributed by atoms with van der Waals surface area (Å²) in [4.78, 5) is 0. The Bertz CT molecular complexity index is 2390. The molecule has 0 amide bonds. The Morgan fingerprint density at radius 1 is 0.722 bits per heavy atom. The fourth-order valence-electron chi connectivity index (χ4n) is 9.80. The van der Waals surface area contributed by atoms with Crippen molar-refractivity contribution in [2.24, 2.45) is 5.92 Å². The van der Waals surface area contributed by atoms with Crippen LogP contribution in [0.3, 0.4) is 0 Å². The van der Waals surface area contributed by atoms with Crippen LogP contribution in [0, 0.1) is 19.8 Å². The van der Waals surface area contributed by atoms with Gasteiger partial charge in [0.2, 0.25) is 17.1 Å². The Balaban J connectivity index is 1.46. The van der Waals surface area contributed by atoms with E-state index in [2.05, 4.69) is 185 Å². The molecule has 0 saturated carbocycles. The van der Waals surface area contributed by atoms with Crippen LogP contribution in [0.4, 0.5) is 0 Å². The van der Waals surface area contributed by atoms with Crippen molar-refractivity contribution in [3.8, 4) is 44.8 Å². The summed E-state index contributed by atoms with van der Waals surface area (Å²) < 4.78 is 5.18. The second kappa shape index (κ2) is 13.8. The number of aromatic nitrogens is 2. The van der Waals surface area contributed by atoms with Gasteiger partial charge in [0.25, 0.3) is 6.04 Å². The van der Waals surface area contributed by atoms with Gasteiger partial charge in [0.15, 0.2) is 12.4 Å². The molecule has 6 aromatic rings. The first-order valence-electron chi connectivity index (χ1n) is 20.1. The minimum Gasteiger partial charge on any atom is -0.183 e. The molecule has 0 saturated heterocycles. The van der Waals surface area contributed by atoms with Crippen LogP contribution in [0.5, 0.6) is 0 Å². The molecule has 2 aliphatic heterocycles. The highest BCUT2D eigenvalue weighted by Crippen LogP contribution is 2.52. The zero-order valence-electron chi connectivity index (χ0n) is 33.6. The van der Waals surface area contributed by atoms with Gasteiger partial charge in [-0.25, -0.2) is 0 Å². The Kier molecular flexibility index (Phi) is 9.21. The fourth-order valence-corrected chi connectivity index (χ4v) is 11.5. The first-order chi connectivity index (χ1) is 25.9. The van der Waals surface area contributed by atoms with E-state index in [0.29, 0.717) is 5.92 Å². The van der Waals surface area contributed by atoms with E-state index in [4.69, 9.17) is 6.58 Å². The second-order valence-electron chi connectivity index (χ2n) is 17.6. The summed E-state index contributed by atoms with van der Waals surface area (Å²) in [6.45, 7) is 24.2. The van der Waals surface area contributed by atoms with Gasteiger partial charge in [0.1, 0.15) is 0 Å². The van der Waals surface area contributed by atoms with E-state index in [0.717, 1.165) is 31.4 Å². The maximum Gasteiger partial charge on any atom is 0.251 e. The number of nitrogens with zero attached hydrogens (tertiary/aromatic N) is 2. The average molecular weight is 725 g/mol. The Hall–Kier alpha value is -4.86. The molecule has 4 aromatic carbocycles. The third-order valence-electron chi connectivity index (χ3n) is 12.3. The minimum absolute atomic E-state index is 0.00178. The van der Waals surface area contributed by atoms with Crippen LogP contribution in [0.1, 0.15) is 67.5 Å². The number of aryl methyl sites for hydroxylation is 3. The van der Waals surface area contributed by atoms with E-state index in [9.17, 15) is 0 Å². The topological polar surface area (TPSA) is 7.76 Å². The lowest BCUT2D eigenvalue weighted by Gasteiger charge is -2.41. The van der Waals surface area contributed by atoms with Crippen molar-refractivity contribution in [2.75, 3.05) is 0 Å². The van der Waals surface area contributed by atoms with Crippen molar-refractivity contribution < 1.29 is 9.13 Å². The third-order valence-corrected chi connectivity index (χ3v) is 14.3. The van der Waals surface area contributed by atoms with Gasteiger partial charge in [-0.15, -0.1) is 0 Å². The van der Waals surface area contributed by atoms with Crippen LogP contribution >= 0.6 is 0 Å². The summed E-state index contributed by atoms with van der Waals surface area (Å²) in [5, 5.41) is 1.54. The van der Waals surface area contributed by atoms with Gasteiger partial charge < -0.3 is 0 Å². The Morgan fingerprint density at radius 2 is 1.43 bits per heavy atom. The molecule has 2 aromatic heterocycles. The molecule has 0 aliphatic carbocycles. The highest BCUT2D eigenvalue weighted by Gasteiger charge is 2.56. The quantitative estimate of drug-likeness (QED) is 0.119. The van der Waals surface area contributed by atoms with E-state index in [1.807, 2.05) is 0 Å². The molecule has 0 N–H and O–H groups in total. The highest BCUT2D eigenvalue weighted by atomic mass is 28.3.